The number of nitrogens with one attached hydrogen (secondary N) is 1. The van der Waals surface area contributed by atoms with Gasteiger partial charge in [0, 0.05) is 21.1 Å². The molecule has 0 radical (unpaired) electrons. The molecule has 196 valence electrons. The quantitative estimate of drug-likeness (QED) is 0.335. The van der Waals surface area contributed by atoms with Crippen LogP contribution in [0.4, 0.5) is 0 Å². The predicted octanol–water partition coefficient (Wildman–Crippen LogP) is 0.128. The highest BCUT2D eigenvalue weighted by atomic mass is 16.4. The fourth-order valence-corrected chi connectivity index (χ4v) is 3.50. The fourth-order valence-electron chi connectivity index (χ4n) is 3.50. The third-order valence-electron chi connectivity index (χ3n) is 5.62. The molecule has 0 aliphatic heterocycles. The van der Waals surface area contributed by atoms with Gasteiger partial charge in [-0.25, -0.2) is 0 Å². The Bertz CT molecular complexity index is 741. The summed E-state index contributed by atoms with van der Waals surface area (Å²) in [5.41, 5.74) is 6.06. The highest BCUT2D eigenvalue weighted by Crippen LogP contribution is 2.17. The fraction of sp³-hybridized carbons (Fsp3) is 0.783. The van der Waals surface area contributed by atoms with E-state index in [1.807, 2.05) is 27.7 Å². The van der Waals surface area contributed by atoms with E-state index in [1.54, 1.807) is 7.05 Å². The summed E-state index contributed by atoms with van der Waals surface area (Å²) in [6, 6.07) is -3.44. The van der Waals surface area contributed by atoms with Crippen molar-refractivity contribution in [1.29, 1.82) is 0 Å². The first-order chi connectivity index (χ1) is 15.5. The first-order valence-electron chi connectivity index (χ1n) is 11.6. The van der Waals surface area contributed by atoms with Crippen LogP contribution in [-0.4, -0.2) is 101 Å². The number of nitrogens with two attached hydrogens (primary N) is 1. The molecule has 0 aliphatic rings. The molecule has 0 saturated heterocycles. The second kappa shape index (κ2) is 13.9. The van der Waals surface area contributed by atoms with Gasteiger partial charge in [0.2, 0.25) is 23.6 Å². The van der Waals surface area contributed by atoms with E-state index < -0.39 is 54.4 Å². The number of carboxylic acid groups (broad SMARTS) is 1. The Hall–Kier alpha value is -2.69. The van der Waals surface area contributed by atoms with Gasteiger partial charge >= 0.3 is 5.97 Å². The lowest BCUT2D eigenvalue weighted by Gasteiger charge is -2.35. The van der Waals surface area contributed by atoms with E-state index in [4.69, 9.17) is 10.8 Å². The average molecular weight is 486 g/mol. The van der Waals surface area contributed by atoms with Crippen LogP contribution in [-0.2, 0) is 24.0 Å². The second-order valence-corrected chi connectivity index (χ2v) is 9.77. The number of rotatable bonds is 13. The van der Waals surface area contributed by atoms with E-state index >= 15 is 0 Å². The molecule has 0 spiro atoms. The zero-order chi connectivity index (χ0) is 26.9. The number of nitrogens with zero attached hydrogens (tertiary/aromatic N) is 3. The van der Waals surface area contributed by atoms with Gasteiger partial charge in [0.05, 0.1) is 6.04 Å². The summed E-state index contributed by atoms with van der Waals surface area (Å²) in [5.74, 6) is -2.74. The van der Waals surface area contributed by atoms with Gasteiger partial charge in [0.25, 0.3) is 0 Å². The summed E-state index contributed by atoms with van der Waals surface area (Å²) in [5, 5.41) is 11.4. The van der Waals surface area contributed by atoms with Crippen molar-refractivity contribution < 1.29 is 29.1 Å². The maximum Gasteiger partial charge on any atom is 0.323 e. The van der Waals surface area contributed by atoms with E-state index in [1.165, 1.54) is 37.7 Å². The van der Waals surface area contributed by atoms with Gasteiger partial charge in [-0.2, -0.15) is 0 Å². The molecular weight excluding hydrogens is 442 g/mol. The van der Waals surface area contributed by atoms with Crippen molar-refractivity contribution in [3.05, 3.63) is 0 Å². The molecule has 0 fully saturated rings. The van der Waals surface area contributed by atoms with E-state index in [0.29, 0.717) is 12.8 Å². The minimum atomic E-state index is -1.17. The zero-order valence-corrected chi connectivity index (χ0v) is 22.0. The SMILES string of the molecule is CC(C)C[C@H](N)C(=O)N(C)[C@@H](CC(C)C)C(=O)N(C)[C@@H](C)C(=O)N[C@@H](C)C(=O)N(C)CC(=O)O. The van der Waals surface area contributed by atoms with E-state index in [9.17, 15) is 24.0 Å². The first-order valence-corrected chi connectivity index (χ1v) is 11.6. The number of likely N-dealkylation sites (N-methyl/N-ethyl adjacent to an activating group) is 3. The van der Waals surface area contributed by atoms with E-state index in [2.05, 4.69) is 5.32 Å². The zero-order valence-electron chi connectivity index (χ0n) is 22.0. The van der Waals surface area contributed by atoms with Crippen LogP contribution in [0.2, 0.25) is 0 Å². The van der Waals surface area contributed by atoms with Crippen molar-refractivity contribution >= 4 is 29.6 Å². The van der Waals surface area contributed by atoms with E-state index in [0.717, 1.165) is 4.90 Å². The third kappa shape index (κ3) is 9.66. The first kappa shape index (κ1) is 31.3. The molecule has 11 heteroatoms. The molecule has 4 amide bonds. The Balaban J connectivity index is 5.44. The summed E-state index contributed by atoms with van der Waals surface area (Å²) in [7, 11) is 4.34. The molecule has 0 saturated carbocycles. The number of aliphatic carboxylic acids is 1. The average Bonchev–Trinajstić information content (AvgIpc) is 2.72. The van der Waals surface area contributed by atoms with Crippen molar-refractivity contribution in [2.24, 2.45) is 17.6 Å². The molecule has 0 heterocycles. The van der Waals surface area contributed by atoms with Crippen molar-refractivity contribution in [1.82, 2.24) is 20.0 Å². The van der Waals surface area contributed by atoms with Gasteiger partial charge in [-0.1, -0.05) is 27.7 Å². The lowest BCUT2D eigenvalue weighted by atomic mass is 9.98. The maximum absolute atomic E-state index is 13.3. The van der Waals surface area contributed by atoms with Crippen LogP contribution in [0.25, 0.3) is 0 Å². The summed E-state index contributed by atoms with van der Waals surface area (Å²) < 4.78 is 0. The largest absolute Gasteiger partial charge is 0.480 e. The molecule has 4 atom stereocenters. The smallest absolute Gasteiger partial charge is 0.323 e. The van der Waals surface area contributed by atoms with Crippen LogP contribution < -0.4 is 11.1 Å². The molecule has 34 heavy (non-hydrogen) atoms. The van der Waals surface area contributed by atoms with Crippen LogP contribution in [0, 0.1) is 11.8 Å². The molecule has 0 rings (SSSR count). The lowest BCUT2D eigenvalue weighted by molar-refractivity contribution is -0.149. The van der Waals surface area contributed by atoms with Crippen LogP contribution in [0.3, 0.4) is 0 Å². The minimum absolute atomic E-state index is 0.102. The monoisotopic (exact) mass is 485 g/mol. The number of hydrogen-bond acceptors (Lipinski definition) is 6. The van der Waals surface area contributed by atoms with Gasteiger partial charge < -0.3 is 30.9 Å². The highest BCUT2D eigenvalue weighted by molar-refractivity contribution is 5.94. The predicted molar refractivity (Wildman–Crippen MR) is 129 cm³/mol. The third-order valence-corrected chi connectivity index (χ3v) is 5.62. The second-order valence-electron chi connectivity index (χ2n) is 9.77. The van der Waals surface area contributed by atoms with Gasteiger partial charge in [-0.15, -0.1) is 0 Å². The molecule has 4 N–H and O–H groups in total. The molecule has 0 aliphatic carbocycles. The normalized spacial score (nSPS) is 14.7. The molecule has 0 aromatic heterocycles. The van der Waals surface area contributed by atoms with Crippen LogP contribution in [0.5, 0.6) is 0 Å². The molecular formula is C23H43N5O6. The molecule has 0 aromatic carbocycles. The summed E-state index contributed by atoms with van der Waals surface area (Å²) in [4.78, 5) is 65.6. The van der Waals surface area contributed by atoms with Crippen molar-refractivity contribution in [2.75, 3.05) is 27.7 Å². The summed E-state index contributed by atoms with van der Waals surface area (Å²) in [6.07, 6.45) is 0.881. The van der Waals surface area contributed by atoms with Crippen molar-refractivity contribution in [2.45, 2.75) is 78.6 Å². The Morgan fingerprint density at radius 2 is 1.29 bits per heavy atom. The Labute approximate surface area is 203 Å². The van der Waals surface area contributed by atoms with Gasteiger partial charge in [-0.05, 0) is 38.5 Å². The lowest BCUT2D eigenvalue weighted by Crippen LogP contribution is -2.57. The Kier molecular flexibility index (Phi) is 12.8. The number of amides is 4. The topological polar surface area (TPSA) is 153 Å². The number of carbonyl (C=O) groups is 5. The minimum Gasteiger partial charge on any atom is -0.480 e. The van der Waals surface area contributed by atoms with Gasteiger partial charge in [0.1, 0.15) is 24.7 Å². The Morgan fingerprint density at radius 3 is 1.74 bits per heavy atom. The van der Waals surface area contributed by atoms with Crippen LogP contribution >= 0.6 is 0 Å². The van der Waals surface area contributed by atoms with Crippen LogP contribution in [0.15, 0.2) is 0 Å². The Morgan fingerprint density at radius 1 is 0.794 bits per heavy atom. The van der Waals surface area contributed by atoms with Crippen molar-refractivity contribution in [3.8, 4) is 0 Å². The van der Waals surface area contributed by atoms with Crippen LogP contribution in [0.1, 0.15) is 54.4 Å². The number of hydrogen-bond donors (Lipinski definition) is 3. The van der Waals surface area contributed by atoms with Crippen molar-refractivity contribution in [3.63, 3.8) is 0 Å². The maximum atomic E-state index is 13.3. The molecule has 11 nitrogen and oxygen atoms in total. The highest BCUT2D eigenvalue weighted by Gasteiger charge is 2.35. The summed E-state index contributed by atoms with van der Waals surface area (Å²) >= 11 is 0. The molecule has 0 aromatic rings. The number of carbonyl (C=O) groups excluding carboxylic acids is 4. The molecule has 0 unspecified atom stereocenters. The van der Waals surface area contributed by atoms with E-state index in [-0.39, 0.29) is 17.7 Å². The summed E-state index contributed by atoms with van der Waals surface area (Å²) in [6.45, 7) is 10.3. The van der Waals surface area contributed by atoms with Gasteiger partial charge in [0.15, 0.2) is 0 Å². The standard InChI is InChI=1S/C23H43N5O6/c1-13(2)10-17(24)22(33)28(9)18(11-14(3)4)23(34)27(8)16(6)20(31)25-15(5)21(32)26(7)12-19(29)30/h13-18H,10-12,24H2,1-9H3,(H,25,31)(H,29,30)/t15-,16-,17-,18-/m0/s1. The number of carboxylic acids is 1. The van der Waals surface area contributed by atoms with Gasteiger partial charge in [-0.3, -0.25) is 24.0 Å². The molecule has 0 bridgehead atoms.